The lowest BCUT2D eigenvalue weighted by Gasteiger charge is -2.26. The zero-order chi connectivity index (χ0) is 18.4. The highest BCUT2D eigenvalue weighted by Crippen LogP contribution is 2.27. The number of benzene rings is 2. The van der Waals surface area contributed by atoms with Crippen LogP contribution < -0.4 is 4.74 Å². The fourth-order valence-corrected chi connectivity index (χ4v) is 3.25. The van der Waals surface area contributed by atoms with Gasteiger partial charge in [-0.15, -0.1) is 0 Å². The van der Waals surface area contributed by atoms with Crippen molar-refractivity contribution in [1.29, 1.82) is 5.26 Å². The molecule has 0 spiro atoms. The molecule has 1 saturated heterocycles. The van der Waals surface area contributed by atoms with Gasteiger partial charge in [0.05, 0.1) is 11.6 Å². The predicted molar refractivity (Wildman–Crippen MR) is 97.4 cm³/mol. The molecule has 1 fully saturated rings. The van der Waals surface area contributed by atoms with Crippen LogP contribution in [0.4, 0.5) is 4.39 Å². The lowest BCUT2D eigenvalue weighted by molar-refractivity contribution is 0.182. The average molecular weight is 354 g/mol. The molecular formula is C21H23FN2O2. The van der Waals surface area contributed by atoms with Crippen LogP contribution >= 0.6 is 0 Å². The number of hydrogen-bond acceptors (Lipinski definition) is 4. The minimum Gasteiger partial charge on any atom is -0.492 e. The summed E-state index contributed by atoms with van der Waals surface area (Å²) in [5.41, 5.74) is 0.943. The predicted octanol–water partition coefficient (Wildman–Crippen LogP) is 3.64. The summed E-state index contributed by atoms with van der Waals surface area (Å²) in [5, 5.41) is 19.5. The Morgan fingerprint density at radius 1 is 1.15 bits per heavy atom. The molecule has 0 bridgehead atoms. The van der Waals surface area contributed by atoms with Gasteiger partial charge in [-0.3, -0.25) is 4.90 Å². The molecule has 4 nitrogen and oxygen atoms in total. The number of likely N-dealkylation sites (tertiary alicyclic amines) is 1. The number of aliphatic hydroxyl groups is 1. The minimum absolute atomic E-state index is 0.0921. The van der Waals surface area contributed by atoms with Gasteiger partial charge >= 0.3 is 0 Å². The summed E-state index contributed by atoms with van der Waals surface area (Å²) in [4.78, 5) is 2.39. The smallest absolute Gasteiger partial charge is 0.129 e. The maximum absolute atomic E-state index is 14.0. The second-order valence-electron chi connectivity index (χ2n) is 6.57. The van der Waals surface area contributed by atoms with Crippen molar-refractivity contribution in [2.75, 3.05) is 26.2 Å². The highest BCUT2D eigenvalue weighted by molar-refractivity contribution is 5.40. The molecule has 1 heterocycles. The average Bonchev–Trinajstić information content (AvgIpc) is 2.69. The fourth-order valence-electron chi connectivity index (χ4n) is 3.25. The van der Waals surface area contributed by atoms with Crippen molar-refractivity contribution in [2.45, 2.75) is 25.4 Å². The van der Waals surface area contributed by atoms with E-state index in [9.17, 15) is 9.50 Å². The first-order valence-corrected chi connectivity index (χ1v) is 9.00. The van der Waals surface area contributed by atoms with E-state index in [0.29, 0.717) is 23.5 Å². The number of rotatable bonds is 6. The van der Waals surface area contributed by atoms with Crippen molar-refractivity contribution in [2.24, 2.45) is 0 Å². The first-order valence-electron chi connectivity index (χ1n) is 9.00. The van der Waals surface area contributed by atoms with Crippen LogP contribution in [0.25, 0.3) is 0 Å². The first kappa shape index (κ1) is 18.4. The standard InChI is InChI=1S/C21H23FN2O2/c22-20-8-7-16(15-23)13-19(20)21(25)17-5-4-6-18(14-17)26-12-11-24-9-2-1-3-10-24/h4-8,13-14,21,25H,1-3,9-12H2. The van der Waals surface area contributed by atoms with Crippen molar-refractivity contribution in [3.05, 3.63) is 65.0 Å². The van der Waals surface area contributed by atoms with E-state index in [1.165, 1.54) is 37.5 Å². The molecule has 0 aromatic heterocycles. The van der Waals surface area contributed by atoms with E-state index in [-0.39, 0.29) is 5.56 Å². The van der Waals surface area contributed by atoms with Crippen LogP contribution in [0.3, 0.4) is 0 Å². The molecule has 1 unspecified atom stereocenters. The number of piperidine rings is 1. The van der Waals surface area contributed by atoms with Crippen LogP contribution in [-0.4, -0.2) is 36.2 Å². The van der Waals surface area contributed by atoms with Crippen LogP contribution in [-0.2, 0) is 0 Å². The molecule has 26 heavy (non-hydrogen) atoms. The summed E-state index contributed by atoms with van der Waals surface area (Å²) in [6.07, 6.45) is 2.65. The fraction of sp³-hybridized carbons (Fsp3) is 0.381. The highest BCUT2D eigenvalue weighted by Gasteiger charge is 2.17. The van der Waals surface area contributed by atoms with Crippen molar-refractivity contribution in [3.8, 4) is 11.8 Å². The van der Waals surface area contributed by atoms with Crippen molar-refractivity contribution in [3.63, 3.8) is 0 Å². The van der Waals surface area contributed by atoms with Gasteiger partial charge in [-0.05, 0) is 61.8 Å². The van der Waals surface area contributed by atoms with Gasteiger partial charge in [0.1, 0.15) is 24.3 Å². The monoisotopic (exact) mass is 354 g/mol. The minimum atomic E-state index is -1.14. The van der Waals surface area contributed by atoms with Crippen molar-refractivity contribution >= 4 is 0 Å². The summed E-state index contributed by atoms with van der Waals surface area (Å²) in [6.45, 7) is 3.71. The van der Waals surface area contributed by atoms with E-state index < -0.39 is 11.9 Å². The van der Waals surface area contributed by atoms with Gasteiger partial charge in [-0.1, -0.05) is 18.6 Å². The normalized spacial score (nSPS) is 16.0. The Bertz CT molecular complexity index is 782. The summed E-state index contributed by atoms with van der Waals surface area (Å²) in [7, 11) is 0. The summed E-state index contributed by atoms with van der Waals surface area (Å²) >= 11 is 0. The molecule has 1 N–H and O–H groups in total. The molecular weight excluding hydrogens is 331 g/mol. The molecule has 0 radical (unpaired) electrons. The number of ether oxygens (including phenoxy) is 1. The number of nitrogens with zero attached hydrogens (tertiary/aromatic N) is 2. The van der Waals surface area contributed by atoms with Crippen molar-refractivity contribution < 1.29 is 14.2 Å². The van der Waals surface area contributed by atoms with Crippen LogP contribution in [0.2, 0.25) is 0 Å². The largest absolute Gasteiger partial charge is 0.492 e. The van der Waals surface area contributed by atoms with Gasteiger partial charge in [0.15, 0.2) is 0 Å². The molecule has 2 aromatic rings. The third kappa shape index (κ3) is 4.60. The summed E-state index contributed by atoms with van der Waals surface area (Å²) in [5.74, 6) is 0.114. The topological polar surface area (TPSA) is 56.5 Å². The molecule has 5 heteroatoms. The van der Waals surface area contributed by atoms with E-state index in [1.54, 1.807) is 18.2 Å². The van der Waals surface area contributed by atoms with Crippen LogP contribution in [0.5, 0.6) is 5.75 Å². The molecule has 1 atom stereocenters. The van der Waals surface area contributed by atoms with E-state index in [4.69, 9.17) is 10.00 Å². The van der Waals surface area contributed by atoms with E-state index in [2.05, 4.69) is 4.90 Å². The quantitative estimate of drug-likeness (QED) is 0.860. The zero-order valence-electron chi connectivity index (χ0n) is 14.7. The van der Waals surface area contributed by atoms with E-state index in [1.807, 2.05) is 12.1 Å². The van der Waals surface area contributed by atoms with Gasteiger partial charge in [-0.2, -0.15) is 5.26 Å². The van der Waals surface area contributed by atoms with E-state index in [0.717, 1.165) is 19.6 Å². The third-order valence-electron chi connectivity index (χ3n) is 4.72. The van der Waals surface area contributed by atoms with Gasteiger partial charge in [0.2, 0.25) is 0 Å². The zero-order valence-corrected chi connectivity index (χ0v) is 14.7. The number of halogens is 1. The molecule has 136 valence electrons. The second-order valence-corrected chi connectivity index (χ2v) is 6.57. The Hall–Kier alpha value is -2.42. The second kappa shape index (κ2) is 8.79. The molecule has 3 rings (SSSR count). The molecule has 0 amide bonds. The summed E-state index contributed by atoms with van der Waals surface area (Å²) in [6, 6.07) is 13.0. The molecule has 1 aliphatic rings. The molecule has 1 aliphatic heterocycles. The first-order chi connectivity index (χ1) is 12.7. The van der Waals surface area contributed by atoms with Gasteiger partial charge in [-0.25, -0.2) is 4.39 Å². The Labute approximate surface area is 153 Å². The lowest BCUT2D eigenvalue weighted by Crippen LogP contribution is -2.33. The van der Waals surface area contributed by atoms with Gasteiger partial charge < -0.3 is 9.84 Å². The number of nitriles is 1. The number of hydrogen-bond donors (Lipinski definition) is 1. The van der Waals surface area contributed by atoms with E-state index >= 15 is 0 Å². The summed E-state index contributed by atoms with van der Waals surface area (Å²) < 4.78 is 19.9. The van der Waals surface area contributed by atoms with Gasteiger partial charge in [0, 0.05) is 12.1 Å². The number of aliphatic hydroxyl groups excluding tert-OH is 1. The lowest BCUT2D eigenvalue weighted by atomic mass is 9.99. The Morgan fingerprint density at radius 2 is 1.96 bits per heavy atom. The SMILES string of the molecule is N#Cc1ccc(F)c(C(O)c2cccc(OCCN3CCCCC3)c2)c1. The molecule has 2 aromatic carbocycles. The molecule has 0 saturated carbocycles. The Balaban J connectivity index is 1.65. The van der Waals surface area contributed by atoms with Crippen LogP contribution in [0.1, 0.15) is 42.1 Å². The Morgan fingerprint density at radius 3 is 2.73 bits per heavy atom. The van der Waals surface area contributed by atoms with Crippen LogP contribution in [0.15, 0.2) is 42.5 Å². The third-order valence-corrected chi connectivity index (χ3v) is 4.72. The maximum atomic E-state index is 14.0. The maximum Gasteiger partial charge on any atom is 0.129 e. The van der Waals surface area contributed by atoms with Gasteiger partial charge in [0.25, 0.3) is 0 Å². The molecule has 0 aliphatic carbocycles. The van der Waals surface area contributed by atoms with Crippen LogP contribution in [0, 0.1) is 17.1 Å². The highest BCUT2D eigenvalue weighted by atomic mass is 19.1. The van der Waals surface area contributed by atoms with Crippen molar-refractivity contribution in [1.82, 2.24) is 4.90 Å². The Kier molecular flexibility index (Phi) is 6.21.